The molecule has 2 aliphatic rings. The summed E-state index contributed by atoms with van der Waals surface area (Å²) in [6.45, 7) is 2.37. The molecule has 0 saturated heterocycles. The van der Waals surface area contributed by atoms with Crippen molar-refractivity contribution in [1.82, 2.24) is 4.98 Å². The second kappa shape index (κ2) is 5.26. The topological polar surface area (TPSA) is 12.9 Å². The van der Waals surface area contributed by atoms with E-state index in [1.165, 1.54) is 69.9 Å². The average Bonchev–Trinajstić information content (AvgIpc) is 2.49. The van der Waals surface area contributed by atoms with Crippen molar-refractivity contribution in [3.05, 3.63) is 30.1 Å². The summed E-state index contributed by atoms with van der Waals surface area (Å²) in [5, 5.41) is 0. The zero-order valence-electron chi connectivity index (χ0n) is 12.3. The first-order valence-electron chi connectivity index (χ1n) is 8.20. The van der Waals surface area contributed by atoms with Gasteiger partial charge in [0.05, 0.1) is 0 Å². The minimum Gasteiger partial charge on any atom is -0.261 e. The number of hydrogen-bond donors (Lipinski definition) is 0. The predicted octanol–water partition coefficient (Wildman–Crippen LogP) is 5.25. The van der Waals surface area contributed by atoms with Crippen LogP contribution in [0.15, 0.2) is 24.4 Å². The van der Waals surface area contributed by atoms with Gasteiger partial charge in [0.25, 0.3) is 0 Å². The van der Waals surface area contributed by atoms with Gasteiger partial charge >= 0.3 is 0 Å². The third-order valence-electron chi connectivity index (χ3n) is 5.88. The van der Waals surface area contributed by atoms with E-state index in [1.807, 2.05) is 12.3 Å². The Morgan fingerprint density at radius 1 is 1.00 bits per heavy atom. The second-order valence-corrected chi connectivity index (χ2v) is 6.94. The first-order chi connectivity index (χ1) is 9.29. The Kier molecular flexibility index (Phi) is 3.64. The lowest BCUT2D eigenvalue weighted by Crippen LogP contribution is -2.40. The molecule has 1 aromatic heterocycles. The molecule has 0 N–H and O–H groups in total. The molecular weight excluding hydrogens is 230 g/mol. The van der Waals surface area contributed by atoms with E-state index in [-0.39, 0.29) is 0 Å². The molecule has 1 spiro atoms. The number of rotatable bonds is 2. The highest BCUT2D eigenvalue weighted by atomic mass is 14.7. The van der Waals surface area contributed by atoms with Crippen molar-refractivity contribution < 1.29 is 0 Å². The summed E-state index contributed by atoms with van der Waals surface area (Å²) in [6.07, 6.45) is 16.2. The van der Waals surface area contributed by atoms with Crippen LogP contribution in [0.4, 0.5) is 0 Å². The second-order valence-electron chi connectivity index (χ2n) is 6.94. The normalized spacial score (nSPS) is 30.4. The molecule has 0 amide bonds. The Labute approximate surface area is 117 Å². The van der Waals surface area contributed by atoms with Gasteiger partial charge in [-0.05, 0) is 56.1 Å². The minimum absolute atomic E-state index is 0.372. The minimum atomic E-state index is 0.372. The van der Waals surface area contributed by atoms with Gasteiger partial charge in [-0.3, -0.25) is 4.98 Å². The van der Waals surface area contributed by atoms with Crippen LogP contribution in [0.5, 0.6) is 0 Å². The third kappa shape index (κ3) is 2.44. The molecule has 1 unspecified atom stereocenters. The van der Waals surface area contributed by atoms with E-state index < -0.39 is 0 Å². The Bertz CT molecular complexity index is 399. The monoisotopic (exact) mass is 257 g/mol. The lowest BCUT2D eigenvalue weighted by atomic mass is 9.55. The van der Waals surface area contributed by atoms with Gasteiger partial charge in [0.15, 0.2) is 0 Å². The van der Waals surface area contributed by atoms with E-state index in [0.717, 1.165) is 0 Å². The van der Waals surface area contributed by atoms with Gasteiger partial charge in [-0.2, -0.15) is 0 Å². The van der Waals surface area contributed by atoms with Crippen LogP contribution in [0.1, 0.15) is 76.8 Å². The Hall–Kier alpha value is -0.850. The van der Waals surface area contributed by atoms with Crippen LogP contribution >= 0.6 is 0 Å². The van der Waals surface area contributed by atoms with Gasteiger partial charge < -0.3 is 0 Å². The van der Waals surface area contributed by atoms with Crippen molar-refractivity contribution in [3.63, 3.8) is 0 Å². The fraction of sp³-hybridized carbons (Fsp3) is 0.722. The fourth-order valence-corrected chi connectivity index (χ4v) is 4.80. The molecule has 1 heteroatoms. The van der Waals surface area contributed by atoms with Gasteiger partial charge in [0, 0.05) is 17.3 Å². The molecule has 0 aromatic carbocycles. The van der Waals surface area contributed by atoms with Crippen molar-refractivity contribution in [3.8, 4) is 0 Å². The summed E-state index contributed by atoms with van der Waals surface area (Å²) < 4.78 is 0. The zero-order chi connectivity index (χ0) is 13.2. The molecule has 104 valence electrons. The van der Waals surface area contributed by atoms with E-state index in [4.69, 9.17) is 4.98 Å². The maximum Gasteiger partial charge on any atom is 0.0465 e. The summed E-state index contributed by atoms with van der Waals surface area (Å²) in [4.78, 5) is 4.72. The van der Waals surface area contributed by atoms with Crippen molar-refractivity contribution in [1.29, 1.82) is 0 Å². The van der Waals surface area contributed by atoms with Crippen molar-refractivity contribution in [2.45, 2.75) is 76.5 Å². The number of hydrogen-bond acceptors (Lipinski definition) is 1. The van der Waals surface area contributed by atoms with Gasteiger partial charge in [0.2, 0.25) is 0 Å². The zero-order valence-corrected chi connectivity index (χ0v) is 12.3. The van der Waals surface area contributed by atoms with Gasteiger partial charge in [-0.1, -0.05) is 38.7 Å². The van der Waals surface area contributed by atoms with Crippen LogP contribution in [0, 0.1) is 5.41 Å². The van der Waals surface area contributed by atoms with E-state index in [9.17, 15) is 0 Å². The van der Waals surface area contributed by atoms with Crippen molar-refractivity contribution in [2.75, 3.05) is 0 Å². The smallest absolute Gasteiger partial charge is 0.0465 e. The number of nitrogens with zero attached hydrogens (tertiary/aromatic N) is 1. The molecule has 0 radical (unpaired) electrons. The molecule has 1 heterocycles. The van der Waals surface area contributed by atoms with Crippen LogP contribution in [-0.4, -0.2) is 4.98 Å². The first kappa shape index (κ1) is 13.1. The highest BCUT2D eigenvalue weighted by Gasteiger charge is 2.45. The summed E-state index contributed by atoms with van der Waals surface area (Å²) in [5.41, 5.74) is 2.39. The molecule has 0 aliphatic heterocycles. The van der Waals surface area contributed by atoms with Crippen LogP contribution in [0.2, 0.25) is 0 Å². The maximum absolute atomic E-state index is 4.72. The van der Waals surface area contributed by atoms with Crippen LogP contribution in [-0.2, 0) is 5.41 Å². The standard InChI is InChI=1S/C18H27N/c1-2-18(16-9-4-7-14-19-16)13-8-12-17(15-18)10-5-3-6-11-17/h4,7,9,14H,2-3,5-6,8,10-13,15H2,1H3. The molecule has 1 aromatic rings. The molecule has 0 bridgehead atoms. The van der Waals surface area contributed by atoms with E-state index in [2.05, 4.69) is 19.1 Å². The van der Waals surface area contributed by atoms with Gasteiger partial charge in [0.1, 0.15) is 0 Å². The van der Waals surface area contributed by atoms with E-state index in [0.29, 0.717) is 10.8 Å². The largest absolute Gasteiger partial charge is 0.261 e. The number of aromatic nitrogens is 1. The van der Waals surface area contributed by atoms with E-state index >= 15 is 0 Å². The average molecular weight is 257 g/mol. The van der Waals surface area contributed by atoms with Crippen molar-refractivity contribution in [2.24, 2.45) is 5.41 Å². The Morgan fingerprint density at radius 3 is 2.47 bits per heavy atom. The maximum atomic E-state index is 4.72. The number of pyridine rings is 1. The summed E-state index contributed by atoms with van der Waals surface area (Å²) in [7, 11) is 0. The third-order valence-corrected chi connectivity index (χ3v) is 5.88. The highest BCUT2D eigenvalue weighted by Crippen LogP contribution is 2.55. The predicted molar refractivity (Wildman–Crippen MR) is 80.2 cm³/mol. The molecule has 1 atom stereocenters. The molecular formula is C18H27N. The Morgan fingerprint density at radius 2 is 1.79 bits per heavy atom. The molecule has 3 rings (SSSR count). The summed E-state index contributed by atoms with van der Waals surface area (Å²) >= 11 is 0. The van der Waals surface area contributed by atoms with Crippen LogP contribution < -0.4 is 0 Å². The Balaban J connectivity index is 1.89. The summed E-state index contributed by atoms with van der Waals surface area (Å²) in [6, 6.07) is 6.49. The van der Waals surface area contributed by atoms with Gasteiger partial charge in [-0.15, -0.1) is 0 Å². The fourth-order valence-electron chi connectivity index (χ4n) is 4.80. The van der Waals surface area contributed by atoms with Crippen molar-refractivity contribution >= 4 is 0 Å². The molecule has 2 aliphatic carbocycles. The molecule has 19 heavy (non-hydrogen) atoms. The van der Waals surface area contributed by atoms with Gasteiger partial charge in [-0.25, -0.2) is 0 Å². The van der Waals surface area contributed by atoms with Crippen LogP contribution in [0.25, 0.3) is 0 Å². The lowest BCUT2D eigenvalue weighted by Gasteiger charge is -2.49. The molecule has 2 saturated carbocycles. The molecule has 2 fully saturated rings. The van der Waals surface area contributed by atoms with E-state index in [1.54, 1.807) is 0 Å². The SMILES string of the molecule is CCC1(c2ccccn2)CCCC2(CCCCC2)C1. The lowest BCUT2D eigenvalue weighted by molar-refractivity contribution is 0.0640. The molecule has 1 nitrogen and oxygen atoms in total. The first-order valence-corrected chi connectivity index (χ1v) is 8.20. The summed E-state index contributed by atoms with van der Waals surface area (Å²) in [5.74, 6) is 0. The quantitative estimate of drug-likeness (QED) is 0.704. The highest BCUT2D eigenvalue weighted by molar-refractivity contribution is 5.19. The van der Waals surface area contributed by atoms with Crippen LogP contribution in [0.3, 0.4) is 0 Å².